The number of aliphatic hydroxyl groups is 1. The predicted molar refractivity (Wildman–Crippen MR) is 85.6 cm³/mol. The molecule has 0 saturated carbocycles. The third-order valence-corrected chi connectivity index (χ3v) is 4.11. The number of carbonyl (C=O) groups is 1. The Morgan fingerprint density at radius 2 is 2.10 bits per heavy atom. The number of benzene rings is 1. The fourth-order valence-corrected chi connectivity index (χ4v) is 2.74. The van der Waals surface area contributed by atoms with Crippen molar-refractivity contribution in [2.75, 3.05) is 43.0 Å². The maximum atomic E-state index is 12.2. The summed E-state index contributed by atoms with van der Waals surface area (Å²) in [6, 6.07) is 7.79. The van der Waals surface area contributed by atoms with Crippen LogP contribution in [0.5, 0.6) is 0 Å². The first kappa shape index (κ1) is 15.8. The lowest BCUT2D eigenvalue weighted by atomic mass is 9.97. The van der Waals surface area contributed by atoms with Crippen LogP contribution in [0.25, 0.3) is 0 Å². The molecule has 1 amide bonds. The maximum Gasteiger partial charge on any atom is 0.229 e. The molecule has 2 unspecified atom stereocenters. The van der Waals surface area contributed by atoms with Gasteiger partial charge < -0.3 is 20.6 Å². The van der Waals surface area contributed by atoms with Gasteiger partial charge in [0, 0.05) is 31.0 Å². The summed E-state index contributed by atoms with van der Waals surface area (Å²) in [4.78, 5) is 14.3. The molecule has 2 rings (SSSR count). The van der Waals surface area contributed by atoms with Crippen LogP contribution in [0.1, 0.15) is 13.8 Å². The van der Waals surface area contributed by atoms with Crippen molar-refractivity contribution in [1.82, 2.24) is 5.32 Å². The summed E-state index contributed by atoms with van der Waals surface area (Å²) in [5.41, 5.74) is 1.88. The summed E-state index contributed by atoms with van der Waals surface area (Å²) >= 11 is 0. The van der Waals surface area contributed by atoms with E-state index in [1.165, 1.54) is 0 Å². The number of nitrogens with zero attached hydrogens (tertiary/aromatic N) is 1. The second-order valence-electron chi connectivity index (χ2n) is 5.58. The van der Waals surface area contributed by atoms with Gasteiger partial charge in [0.25, 0.3) is 0 Å². The van der Waals surface area contributed by atoms with E-state index in [1.54, 1.807) is 0 Å². The molecule has 1 fully saturated rings. The van der Waals surface area contributed by atoms with Gasteiger partial charge in [0.15, 0.2) is 0 Å². The average Bonchev–Trinajstić information content (AvgIpc) is 2.92. The van der Waals surface area contributed by atoms with E-state index in [0.29, 0.717) is 12.5 Å². The molecular weight excluding hydrogens is 266 g/mol. The van der Waals surface area contributed by atoms with Crippen LogP contribution in [0.2, 0.25) is 0 Å². The summed E-state index contributed by atoms with van der Waals surface area (Å²) < 4.78 is 0. The number of rotatable bonds is 6. The van der Waals surface area contributed by atoms with Crippen molar-refractivity contribution in [2.24, 2.45) is 11.8 Å². The molecule has 1 saturated heterocycles. The summed E-state index contributed by atoms with van der Waals surface area (Å²) in [5, 5.41) is 15.3. The van der Waals surface area contributed by atoms with E-state index in [4.69, 9.17) is 5.11 Å². The van der Waals surface area contributed by atoms with Crippen LogP contribution in [0.3, 0.4) is 0 Å². The van der Waals surface area contributed by atoms with Crippen LogP contribution < -0.4 is 15.5 Å². The SMILES string of the molecule is CCN(CCO)c1ccc(NC(=O)C2CNCC2C)cc1. The molecule has 1 aliphatic heterocycles. The van der Waals surface area contributed by atoms with Crippen molar-refractivity contribution in [3.63, 3.8) is 0 Å². The first-order chi connectivity index (χ1) is 10.2. The molecule has 1 aliphatic rings. The van der Waals surface area contributed by atoms with E-state index < -0.39 is 0 Å². The monoisotopic (exact) mass is 291 g/mol. The maximum absolute atomic E-state index is 12.2. The van der Waals surface area contributed by atoms with E-state index in [1.807, 2.05) is 24.3 Å². The van der Waals surface area contributed by atoms with Crippen LogP contribution >= 0.6 is 0 Å². The lowest BCUT2D eigenvalue weighted by Gasteiger charge is -2.22. The van der Waals surface area contributed by atoms with Crippen molar-refractivity contribution in [3.8, 4) is 0 Å². The van der Waals surface area contributed by atoms with Gasteiger partial charge in [-0.3, -0.25) is 4.79 Å². The number of amides is 1. The molecule has 0 aromatic heterocycles. The Labute approximate surface area is 126 Å². The highest BCUT2D eigenvalue weighted by Gasteiger charge is 2.29. The fraction of sp³-hybridized carbons (Fsp3) is 0.562. The smallest absolute Gasteiger partial charge is 0.229 e. The second-order valence-corrected chi connectivity index (χ2v) is 5.58. The summed E-state index contributed by atoms with van der Waals surface area (Å²) in [6.45, 7) is 7.42. The molecule has 5 heteroatoms. The Bertz CT molecular complexity index is 461. The zero-order chi connectivity index (χ0) is 15.2. The van der Waals surface area contributed by atoms with E-state index in [0.717, 1.165) is 31.0 Å². The highest BCUT2D eigenvalue weighted by molar-refractivity contribution is 5.93. The molecule has 21 heavy (non-hydrogen) atoms. The quantitative estimate of drug-likeness (QED) is 0.739. The summed E-state index contributed by atoms with van der Waals surface area (Å²) in [5.74, 6) is 0.513. The van der Waals surface area contributed by atoms with Crippen LogP contribution in [0.4, 0.5) is 11.4 Å². The lowest BCUT2D eigenvalue weighted by Crippen LogP contribution is -2.28. The first-order valence-corrected chi connectivity index (χ1v) is 7.63. The van der Waals surface area contributed by atoms with Crippen molar-refractivity contribution in [3.05, 3.63) is 24.3 Å². The minimum absolute atomic E-state index is 0.0474. The van der Waals surface area contributed by atoms with E-state index in [9.17, 15) is 4.79 Å². The first-order valence-electron chi connectivity index (χ1n) is 7.63. The van der Waals surface area contributed by atoms with Gasteiger partial charge >= 0.3 is 0 Å². The standard InChI is InChI=1S/C16H25N3O2/c1-3-19(8-9-20)14-6-4-13(5-7-14)18-16(21)15-11-17-10-12(15)2/h4-7,12,15,17,20H,3,8-11H2,1-2H3,(H,18,21). The second kappa shape index (κ2) is 7.43. The molecule has 1 aromatic rings. The topological polar surface area (TPSA) is 64.6 Å². The number of likely N-dealkylation sites (N-methyl/N-ethyl adjacent to an activating group) is 1. The zero-order valence-electron chi connectivity index (χ0n) is 12.8. The van der Waals surface area contributed by atoms with Gasteiger partial charge in [0.1, 0.15) is 0 Å². The van der Waals surface area contributed by atoms with Gasteiger partial charge in [0.2, 0.25) is 5.91 Å². The van der Waals surface area contributed by atoms with Crippen molar-refractivity contribution >= 4 is 17.3 Å². The number of hydrogen-bond donors (Lipinski definition) is 3. The fourth-order valence-electron chi connectivity index (χ4n) is 2.74. The van der Waals surface area contributed by atoms with E-state index in [-0.39, 0.29) is 18.4 Å². The molecule has 0 aliphatic carbocycles. The molecule has 3 N–H and O–H groups in total. The molecular formula is C16H25N3O2. The Balaban J connectivity index is 1.97. The zero-order valence-corrected chi connectivity index (χ0v) is 12.8. The van der Waals surface area contributed by atoms with Gasteiger partial charge in [0.05, 0.1) is 12.5 Å². The van der Waals surface area contributed by atoms with Crippen LogP contribution in [-0.4, -0.2) is 43.8 Å². The van der Waals surface area contributed by atoms with Crippen LogP contribution in [0, 0.1) is 11.8 Å². The van der Waals surface area contributed by atoms with Crippen molar-refractivity contribution < 1.29 is 9.90 Å². The molecule has 2 atom stereocenters. The Hall–Kier alpha value is -1.59. The Kier molecular flexibility index (Phi) is 5.59. The third-order valence-electron chi connectivity index (χ3n) is 4.11. The van der Waals surface area contributed by atoms with E-state index in [2.05, 4.69) is 29.4 Å². The number of hydrogen-bond acceptors (Lipinski definition) is 4. The molecule has 5 nitrogen and oxygen atoms in total. The minimum Gasteiger partial charge on any atom is -0.395 e. The van der Waals surface area contributed by atoms with Gasteiger partial charge in [-0.25, -0.2) is 0 Å². The van der Waals surface area contributed by atoms with Gasteiger partial charge in [-0.15, -0.1) is 0 Å². The summed E-state index contributed by atoms with van der Waals surface area (Å²) in [7, 11) is 0. The molecule has 116 valence electrons. The average molecular weight is 291 g/mol. The molecule has 0 spiro atoms. The number of nitrogens with one attached hydrogen (secondary N) is 2. The molecule has 0 radical (unpaired) electrons. The molecule has 0 bridgehead atoms. The highest BCUT2D eigenvalue weighted by Crippen LogP contribution is 2.21. The summed E-state index contributed by atoms with van der Waals surface area (Å²) in [6.07, 6.45) is 0. The largest absolute Gasteiger partial charge is 0.395 e. The normalized spacial score (nSPS) is 21.3. The number of carbonyl (C=O) groups excluding carboxylic acids is 1. The molecule has 1 aromatic carbocycles. The van der Waals surface area contributed by atoms with Gasteiger partial charge in [-0.2, -0.15) is 0 Å². The highest BCUT2D eigenvalue weighted by atomic mass is 16.3. The van der Waals surface area contributed by atoms with Crippen LogP contribution in [-0.2, 0) is 4.79 Å². The van der Waals surface area contributed by atoms with Gasteiger partial charge in [-0.1, -0.05) is 6.92 Å². The van der Waals surface area contributed by atoms with Crippen molar-refractivity contribution in [1.29, 1.82) is 0 Å². The van der Waals surface area contributed by atoms with Crippen LogP contribution in [0.15, 0.2) is 24.3 Å². The number of anilines is 2. The van der Waals surface area contributed by atoms with Crippen molar-refractivity contribution in [2.45, 2.75) is 13.8 Å². The predicted octanol–water partition coefficient (Wildman–Crippen LogP) is 1.30. The van der Waals surface area contributed by atoms with Gasteiger partial charge in [-0.05, 0) is 43.7 Å². The lowest BCUT2D eigenvalue weighted by molar-refractivity contribution is -0.120. The third kappa shape index (κ3) is 3.95. The Morgan fingerprint density at radius 3 is 2.62 bits per heavy atom. The minimum atomic E-state index is 0.0474. The molecule has 1 heterocycles. The Morgan fingerprint density at radius 1 is 1.38 bits per heavy atom. The van der Waals surface area contributed by atoms with E-state index >= 15 is 0 Å². The number of aliphatic hydroxyl groups excluding tert-OH is 1.